The molecule has 2 rings (SSSR count). The second kappa shape index (κ2) is 8.20. The van der Waals surface area contributed by atoms with E-state index in [4.69, 9.17) is 4.74 Å². The molecule has 0 atom stereocenters. The lowest BCUT2D eigenvalue weighted by Gasteiger charge is -2.12. The third-order valence-electron chi connectivity index (χ3n) is 3.10. The molecule has 1 N–H and O–H groups in total. The highest BCUT2D eigenvalue weighted by Crippen LogP contribution is 2.19. The van der Waals surface area contributed by atoms with Crippen molar-refractivity contribution in [2.45, 2.75) is 32.7 Å². The van der Waals surface area contributed by atoms with E-state index >= 15 is 0 Å². The Kier molecular flexibility index (Phi) is 5.90. The van der Waals surface area contributed by atoms with Crippen LogP contribution in [0.3, 0.4) is 0 Å². The Balaban J connectivity index is 1.90. The second-order valence-electron chi connectivity index (χ2n) is 4.73. The van der Waals surface area contributed by atoms with Crippen LogP contribution in [0, 0.1) is 0 Å². The fraction of sp³-hybridized carbons (Fsp3) is 0.353. The molecule has 0 fully saturated rings. The van der Waals surface area contributed by atoms with Gasteiger partial charge in [0.15, 0.2) is 0 Å². The number of hydrogen-bond donors (Lipinski definition) is 1. The third kappa shape index (κ3) is 4.57. The molecule has 1 aromatic heterocycles. The summed E-state index contributed by atoms with van der Waals surface area (Å²) in [7, 11) is 0. The SMILES string of the molecule is CCCCCOc1ccccc1CNc1ccccn1. The summed E-state index contributed by atoms with van der Waals surface area (Å²) in [6.07, 6.45) is 5.33. The molecule has 0 saturated heterocycles. The molecule has 0 radical (unpaired) electrons. The van der Waals surface area contributed by atoms with Gasteiger partial charge in [-0.2, -0.15) is 0 Å². The highest BCUT2D eigenvalue weighted by molar-refractivity contribution is 5.39. The molecule has 0 saturated carbocycles. The Morgan fingerprint density at radius 3 is 2.70 bits per heavy atom. The number of aromatic nitrogens is 1. The summed E-state index contributed by atoms with van der Waals surface area (Å²) in [6.45, 7) is 3.71. The molecule has 1 heterocycles. The molecule has 2 aromatic rings. The van der Waals surface area contributed by atoms with Crippen LogP contribution >= 0.6 is 0 Å². The van der Waals surface area contributed by atoms with Gasteiger partial charge in [-0.1, -0.05) is 44.0 Å². The smallest absolute Gasteiger partial charge is 0.126 e. The van der Waals surface area contributed by atoms with Gasteiger partial charge >= 0.3 is 0 Å². The zero-order valence-electron chi connectivity index (χ0n) is 12.0. The average molecular weight is 270 g/mol. The van der Waals surface area contributed by atoms with Crippen LogP contribution in [0.15, 0.2) is 48.7 Å². The van der Waals surface area contributed by atoms with Crippen molar-refractivity contribution >= 4 is 5.82 Å². The summed E-state index contributed by atoms with van der Waals surface area (Å²) in [5, 5.41) is 3.31. The van der Waals surface area contributed by atoms with Crippen molar-refractivity contribution in [2.24, 2.45) is 0 Å². The number of pyridine rings is 1. The first kappa shape index (κ1) is 14.4. The molecule has 20 heavy (non-hydrogen) atoms. The highest BCUT2D eigenvalue weighted by atomic mass is 16.5. The number of hydrogen-bond acceptors (Lipinski definition) is 3. The lowest BCUT2D eigenvalue weighted by atomic mass is 10.2. The Bertz CT molecular complexity index is 499. The van der Waals surface area contributed by atoms with Crippen LogP contribution in [-0.2, 0) is 6.54 Å². The van der Waals surface area contributed by atoms with Crippen molar-refractivity contribution in [3.63, 3.8) is 0 Å². The van der Waals surface area contributed by atoms with Gasteiger partial charge < -0.3 is 10.1 Å². The zero-order valence-corrected chi connectivity index (χ0v) is 12.0. The number of unbranched alkanes of at least 4 members (excludes halogenated alkanes) is 2. The molecule has 0 unspecified atom stereocenters. The van der Waals surface area contributed by atoms with Gasteiger partial charge in [0.05, 0.1) is 6.61 Å². The Morgan fingerprint density at radius 2 is 1.90 bits per heavy atom. The summed E-state index contributed by atoms with van der Waals surface area (Å²) in [4.78, 5) is 4.26. The monoisotopic (exact) mass is 270 g/mol. The molecule has 0 aliphatic rings. The van der Waals surface area contributed by atoms with Crippen LogP contribution in [0.25, 0.3) is 0 Å². The minimum atomic E-state index is 0.723. The van der Waals surface area contributed by atoms with Gasteiger partial charge in [-0.25, -0.2) is 4.98 Å². The Hall–Kier alpha value is -2.03. The molecule has 0 bridgehead atoms. The maximum Gasteiger partial charge on any atom is 0.126 e. The van der Waals surface area contributed by atoms with E-state index in [0.29, 0.717) is 0 Å². The lowest BCUT2D eigenvalue weighted by molar-refractivity contribution is 0.303. The topological polar surface area (TPSA) is 34.1 Å². The zero-order chi connectivity index (χ0) is 14.0. The summed E-state index contributed by atoms with van der Waals surface area (Å²) in [5.74, 6) is 1.85. The number of nitrogens with zero attached hydrogens (tertiary/aromatic N) is 1. The van der Waals surface area contributed by atoms with E-state index in [0.717, 1.165) is 36.7 Å². The normalized spacial score (nSPS) is 10.2. The summed E-state index contributed by atoms with van der Waals surface area (Å²) < 4.78 is 5.87. The summed E-state index contributed by atoms with van der Waals surface area (Å²) in [6, 6.07) is 14.0. The number of nitrogens with one attached hydrogen (secondary N) is 1. The van der Waals surface area contributed by atoms with Crippen molar-refractivity contribution in [2.75, 3.05) is 11.9 Å². The Labute approximate surface area is 121 Å². The molecular weight excluding hydrogens is 248 g/mol. The minimum Gasteiger partial charge on any atom is -0.493 e. The maximum absolute atomic E-state index is 5.87. The van der Waals surface area contributed by atoms with Crippen molar-refractivity contribution < 1.29 is 4.74 Å². The fourth-order valence-electron chi connectivity index (χ4n) is 1.98. The van der Waals surface area contributed by atoms with E-state index < -0.39 is 0 Å². The quantitative estimate of drug-likeness (QED) is 0.728. The molecule has 3 nitrogen and oxygen atoms in total. The van der Waals surface area contributed by atoms with Gasteiger partial charge in [-0.05, 0) is 24.6 Å². The first-order valence-electron chi connectivity index (χ1n) is 7.25. The number of anilines is 1. The number of benzene rings is 1. The molecule has 3 heteroatoms. The lowest BCUT2D eigenvalue weighted by Crippen LogP contribution is -2.05. The number of ether oxygens (including phenoxy) is 1. The van der Waals surface area contributed by atoms with Gasteiger partial charge in [-0.3, -0.25) is 0 Å². The van der Waals surface area contributed by atoms with Crippen molar-refractivity contribution in [3.05, 3.63) is 54.2 Å². The first-order valence-corrected chi connectivity index (χ1v) is 7.25. The van der Waals surface area contributed by atoms with Crippen LogP contribution in [0.1, 0.15) is 31.7 Å². The summed E-state index contributed by atoms with van der Waals surface area (Å²) in [5.41, 5.74) is 1.16. The third-order valence-corrected chi connectivity index (χ3v) is 3.10. The second-order valence-corrected chi connectivity index (χ2v) is 4.73. The molecule has 0 aliphatic carbocycles. The average Bonchev–Trinajstić information content (AvgIpc) is 2.51. The fourth-order valence-corrected chi connectivity index (χ4v) is 1.98. The van der Waals surface area contributed by atoms with Crippen molar-refractivity contribution in [3.8, 4) is 5.75 Å². The molecule has 0 aliphatic heterocycles. The van der Waals surface area contributed by atoms with Crippen LogP contribution in [0.4, 0.5) is 5.82 Å². The molecule has 1 aromatic carbocycles. The Morgan fingerprint density at radius 1 is 1.05 bits per heavy atom. The summed E-state index contributed by atoms with van der Waals surface area (Å²) >= 11 is 0. The van der Waals surface area contributed by atoms with E-state index in [1.807, 2.05) is 36.4 Å². The van der Waals surface area contributed by atoms with Gasteiger partial charge in [-0.15, -0.1) is 0 Å². The van der Waals surface area contributed by atoms with Crippen LogP contribution in [0.5, 0.6) is 5.75 Å². The molecule has 0 amide bonds. The van der Waals surface area contributed by atoms with Gasteiger partial charge in [0.1, 0.15) is 11.6 Å². The molecule has 0 spiro atoms. The van der Waals surface area contributed by atoms with E-state index in [1.165, 1.54) is 12.8 Å². The van der Waals surface area contributed by atoms with Gasteiger partial charge in [0.2, 0.25) is 0 Å². The van der Waals surface area contributed by atoms with Gasteiger partial charge in [0.25, 0.3) is 0 Å². The van der Waals surface area contributed by atoms with Crippen LogP contribution < -0.4 is 10.1 Å². The number of para-hydroxylation sites is 1. The van der Waals surface area contributed by atoms with Crippen molar-refractivity contribution in [1.29, 1.82) is 0 Å². The number of rotatable bonds is 8. The molecular formula is C17H22N2O. The van der Waals surface area contributed by atoms with Crippen molar-refractivity contribution in [1.82, 2.24) is 4.98 Å². The predicted molar refractivity (Wildman–Crippen MR) is 83.0 cm³/mol. The minimum absolute atomic E-state index is 0.723. The van der Waals surface area contributed by atoms with E-state index in [9.17, 15) is 0 Å². The predicted octanol–water partition coefficient (Wildman–Crippen LogP) is 4.26. The van der Waals surface area contributed by atoms with Gasteiger partial charge in [0, 0.05) is 18.3 Å². The van der Waals surface area contributed by atoms with Crippen LogP contribution in [-0.4, -0.2) is 11.6 Å². The van der Waals surface area contributed by atoms with E-state index in [1.54, 1.807) is 6.20 Å². The first-order chi connectivity index (χ1) is 9.90. The standard InChI is InChI=1S/C17H22N2O/c1-2-3-8-13-20-16-10-5-4-9-15(16)14-19-17-11-6-7-12-18-17/h4-7,9-12H,2-3,8,13-14H2,1H3,(H,18,19). The van der Waals surface area contributed by atoms with E-state index in [-0.39, 0.29) is 0 Å². The van der Waals surface area contributed by atoms with E-state index in [2.05, 4.69) is 23.3 Å². The maximum atomic E-state index is 5.87. The highest BCUT2D eigenvalue weighted by Gasteiger charge is 2.03. The molecule has 106 valence electrons. The largest absolute Gasteiger partial charge is 0.493 e. The van der Waals surface area contributed by atoms with Crippen LogP contribution in [0.2, 0.25) is 0 Å².